The highest BCUT2D eigenvalue weighted by Gasteiger charge is 2.38. The molecule has 0 rings (SSSR count). The van der Waals surface area contributed by atoms with Gasteiger partial charge in [-0.05, 0) is 13.3 Å². The Bertz CT molecular complexity index is 199. The quantitative estimate of drug-likeness (QED) is 0.391. The van der Waals surface area contributed by atoms with Crippen LogP contribution < -0.4 is 0 Å². The second kappa shape index (κ2) is 6.06. The van der Waals surface area contributed by atoms with Crippen molar-refractivity contribution in [3.63, 3.8) is 0 Å². The largest absolute Gasteiger partial charge is 0.480 e. The van der Waals surface area contributed by atoms with Crippen LogP contribution in [0.25, 0.3) is 0 Å². The first-order valence-electron chi connectivity index (χ1n) is 4.92. The molecule has 3 nitrogen and oxygen atoms in total. The number of Topliss-reactive ketones (excluding diaryl/α,β-unsaturated/α-hetero) is 1. The number of hydrogen-bond donors (Lipinski definition) is 2. The molecule has 1 atom stereocenters. The SMILES string of the molecule is CCCCCCC(S)(C(C)=O)C(=O)O. The molecule has 0 aliphatic heterocycles. The summed E-state index contributed by atoms with van der Waals surface area (Å²) in [7, 11) is 0. The number of unbranched alkanes of at least 4 members (excludes halogenated alkanes) is 3. The van der Waals surface area contributed by atoms with Crippen molar-refractivity contribution in [1.29, 1.82) is 0 Å². The number of carbonyl (C=O) groups excluding carboxylic acids is 1. The zero-order chi connectivity index (χ0) is 11.2. The third-order valence-electron chi connectivity index (χ3n) is 2.33. The van der Waals surface area contributed by atoms with Crippen LogP contribution in [0.15, 0.2) is 0 Å². The van der Waals surface area contributed by atoms with Gasteiger partial charge < -0.3 is 5.11 Å². The van der Waals surface area contributed by atoms with Gasteiger partial charge in [-0.2, -0.15) is 12.6 Å². The maximum absolute atomic E-state index is 11.1. The summed E-state index contributed by atoms with van der Waals surface area (Å²) < 4.78 is -1.48. The highest BCUT2D eigenvalue weighted by atomic mass is 32.1. The van der Waals surface area contributed by atoms with Gasteiger partial charge in [0.1, 0.15) is 0 Å². The van der Waals surface area contributed by atoms with Crippen LogP contribution in [0.3, 0.4) is 0 Å². The number of hydrogen-bond acceptors (Lipinski definition) is 3. The van der Waals surface area contributed by atoms with E-state index in [0.717, 1.165) is 25.7 Å². The minimum atomic E-state index is -1.48. The fourth-order valence-electron chi connectivity index (χ4n) is 1.24. The van der Waals surface area contributed by atoms with Crippen LogP contribution >= 0.6 is 12.6 Å². The van der Waals surface area contributed by atoms with Crippen LogP contribution in [0, 0.1) is 0 Å². The molecule has 0 amide bonds. The first-order chi connectivity index (χ1) is 6.45. The summed E-state index contributed by atoms with van der Waals surface area (Å²) in [5.41, 5.74) is 0. The molecule has 0 aromatic rings. The molecule has 0 fully saturated rings. The summed E-state index contributed by atoms with van der Waals surface area (Å²) in [6.45, 7) is 3.36. The van der Waals surface area contributed by atoms with Gasteiger partial charge in [-0.25, -0.2) is 0 Å². The molecule has 0 bridgehead atoms. The maximum atomic E-state index is 11.1. The van der Waals surface area contributed by atoms with E-state index in [-0.39, 0.29) is 5.78 Å². The second-order valence-corrected chi connectivity index (χ2v) is 4.30. The van der Waals surface area contributed by atoms with Gasteiger partial charge in [-0.1, -0.05) is 32.6 Å². The molecule has 0 aliphatic rings. The van der Waals surface area contributed by atoms with Crippen molar-refractivity contribution in [1.82, 2.24) is 0 Å². The number of aliphatic carboxylic acids is 1. The lowest BCUT2D eigenvalue weighted by Crippen LogP contribution is -2.39. The van der Waals surface area contributed by atoms with Crippen LogP contribution in [0.1, 0.15) is 46.0 Å². The molecule has 0 saturated carbocycles. The van der Waals surface area contributed by atoms with Gasteiger partial charge >= 0.3 is 5.97 Å². The molecule has 1 N–H and O–H groups in total. The molecule has 14 heavy (non-hydrogen) atoms. The molecule has 0 aliphatic carbocycles. The number of carboxylic acid groups (broad SMARTS) is 1. The van der Waals surface area contributed by atoms with Crippen LogP contribution in [0.4, 0.5) is 0 Å². The number of rotatable bonds is 7. The van der Waals surface area contributed by atoms with E-state index in [2.05, 4.69) is 19.6 Å². The number of ketones is 1. The highest BCUT2D eigenvalue weighted by molar-refractivity contribution is 7.83. The lowest BCUT2D eigenvalue weighted by atomic mass is 9.96. The lowest BCUT2D eigenvalue weighted by Gasteiger charge is -2.19. The van der Waals surface area contributed by atoms with Gasteiger partial charge in [0.25, 0.3) is 0 Å². The van der Waals surface area contributed by atoms with Crippen molar-refractivity contribution in [2.45, 2.75) is 50.7 Å². The zero-order valence-corrected chi connectivity index (χ0v) is 9.64. The Balaban J connectivity index is 4.12. The Hall–Kier alpha value is -0.510. The van der Waals surface area contributed by atoms with Gasteiger partial charge in [0.15, 0.2) is 10.5 Å². The van der Waals surface area contributed by atoms with Gasteiger partial charge in [0, 0.05) is 0 Å². The Morgan fingerprint density at radius 1 is 1.29 bits per heavy atom. The third kappa shape index (κ3) is 3.70. The summed E-state index contributed by atoms with van der Waals surface area (Å²) in [5, 5.41) is 8.86. The predicted octanol–water partition coefficient (Wildman–Crippen LogP) is 2.30. The van der Waals surface area contributed by atoms with E-state index in [1.54, 1.807) is 0 Å². The summed E-state index contributed by atoms with van der Waals surface area (Å²) in [4.78, 5) is 21.9. The van der Waals surface area contributed by atoms with Crippen LogP contribution in [-0.4, -0.2) is 21.6 Å². The Kier molecular flexibility index (Phi) is 5.84. The average Bonchev–Trinajstić information content (AvgIpc) is 2.11. The number of carboxylic acids is 1. The molecule has 1 unspecified atom stereocenters. The molecule has 0 spiro atoms. The number of carbonyl (C=O) groups is 2. The van der Waals surface area contributed by atoms with E-state index in [1.807, 2.05) is 0 Å². The van der Waals surface area contributed by atoms with Gasteiger partial charge in [0.2, 0.25) is 0 Å². The van der Waals surface area contributed by atoms with Crippen LogP contribution in [-0.2, 0) is 9.59 Å². The minimum Gasteiger partial charge on any atom is -0.480 e. The van der Waals surface area contributed by atoms with E-state index >= 15 is 0 Å². The van der Waals surface area contributed by atoms with Crippen LogP contribution in [0.2, 0.25) is 0 Å². The molecular weight excluding hydrogens is 200 g/mol. The molecule has 0 radical (unpaired) electrons. The van der Waals surface area contributed by atoms with Gasteiger partial charge in [-0.15, -0.1) is 0 Å². The van der Waals surface area contributed by atoms with Gasteiger partial charge in [0.05, 0.1) is 0 Å². The minimum absolute atomic E-state index is 0.320. The fraction of sp³-hybridized carbons (Fsp3) is 0.800. The normalized spacial score (nSPS) is 14.8. The molecule has 4 heteroatoms. The maximum Gasteiger partial charge on any atom is 0.327 e. The molecule has 82 valence electrons. The van der Waals surface area contributed by atoms with Crippen molar-refractivity contribution in [3.8, 4) is 0 Å². The third-order valence-corrected chi connectivity index (χ3v) is 3.06. The molecule has 0 aromatic carbocycles. The zero-order valence-electron chi connectivity index (χ0n) is 8.75. The van der Waals surface area contributed by atoms with Crippen molar-refractivity contribution >= 4 is 24.4 Å². The molecule has 0 saturated heterocycles. The van der Waals surface area contributed by atoms with Crippen molar-refractivity contribution in [2.75, 3.05) is 0 Å². The Morgan fingerprint density at radius 2 is 1.86 bits per heavy atom. The first-order valence-corrected chi connectivity index (χ1v) is 5.36. The Labute approximate surface area is 90.3 Å². The molecule has 0 aromatic heterocycles. The van der Waals surface area contributed by atoms with E-state index < -0.39 is 10.7 Å². The van der Waals surface area contributed by atoms with E-state index in [0.29, 0.717) is 6.42 Å². The Morgan fingerprint density at radius 3 is 2.21 bits per heavy atom. The number of thiol groups is 1. The topological polar surface area (TPSA) is 54.4 Å². The summed E-state index contributed by atoms with van der Waals surface area (Å²) in [5.74, 6) is -1.52. The lowest BCUT2D eigenvalue weighted by molar-refractivity contribution is -0.143. The predicted molar refractivity (Wildman–Crippen MR) is 58.8 cm³/mol. The fourth-order valence-corrected chi connectivity index (χ4v) is 1.40. The highest BCUT2D eigenvalue weighted by Crippen LogP contribution is 2.24. The first kappa shape index (κ1) is 13.5. The van der Waals surface area contributed by atoms with E-state index in [4.69, 9.17) is 5.11 Å². The standard InChI is InChI=1S/C10H18O3S/c1-3-4-5-6-7-10(14,8(2)11)9(12)13/h14H,3-7H2,1-2H3,(H,12,13). The van der Waals surface area contributed by atoms with Crippen molar-refractivity contribution in [2.24, 2.45) is 0 Å². The van der Waals surface area contributed by atoms with Crippen molar-refractivity contribution in [3.05, 3.63) is 0 Å². The van der Waals surface area contributed by atoms with Gasteiger partial charge in [-0.3, -0.25) is 9.59 Å². The second-order valence-electron chi connectivity index (χ2n) is 3.53. The average molecular weight is 218 g/mol. The summed E-state index contributed by atoms with van der Waals surface area (Å²) in [6, 6.07) is 0. The smallest absolute Gasteiger partial charge is 0.327 e. The van der Waals surface area contributed by atoms with E-state index in [9.17, 15) is 9.59 Å². The van der Waals surface area contributed by atoms with Crippen molar-refractivity contribution < 1.29 is 14.7 Å². The van der Waals surface area contributed by atoms with Crippen LogP contribution in [0.5, 0.6) is 0 Å². The molecule has 0 heterocycles. The van der Waals surface area contributed by atoms with E-state index in [1.165, 1.54) is 6.92 Å². The summed E-state index contributed by atoms with van der Waals surface area (Å²) in [6.07, 6.45) is 4.18. The summed E-state index contributed by atoms with van der Waals surface area (Å²) >= 11 is 3.96. The molecular formula is C10H18O3S. The monoisotopic (exact) mass is 218 g/mol.